The lowest BCUT2D eigenvalue weighted by Crippen LogP contribution is -2.35. The number of hydrogen-bond acceptors (Lipinski definition) is 4. The van der Waals surface area contributed by atoms with Crippen molar-refractivity contribution < 1.29 is 9.47 Å². The van der Waals surface area contributed by atoms with E-state index in [0.717, 1.165) is 25.2 Å². The van der Waals surface area contributed by atoms with Crippen LogP contribution in [0.25, 0.3) is 0 Å². The van der Waals surface area contributed by atoms with Crippen molar-refractivity contribution in [3.05, 3.63) is 22.7 Å². The summed E-state index contributed by atoms with van der Waals surface area (Å²) < 4.78 is 10.6. The number of halogens is 1. The molecule has 1 aliphatic heterocycles. The molecule has 21 heavy (non-hydrogen) atoms. The quantitative estimate of drug-likeness (QED) is 0.785. The molecular formula is C16H25ClN2O2. The molecule has 0 radical (unpaired) electrons. The van der Waals surface area contributed by atoms with Crippen molar-refractivity contribution in [3.8, 4) is 11.5 Å². The Hall–Kier alpha value is -0.970. The summed E-state index contributed by atoms with van der Waals surface area (Å²) in [5.74, 6) is 1.27. The minimum atomic E-state index is 0.606. The van der Waals surface area contributed by atoms with Crippen LogP contribution in [0.15, 0.2) is 12.1 Å². The van der Waals surface area contributed by atoms with E-state index < -0.39 is 0 Å². The first-order chi connectivity index (χ1) is 10.3. The largest absolute Gasteiger partial charge is 0.493 e. The molecule has 0 saturated carbocycles. The lowest BCUT2D eigenvalue weighted by Gasteiger charge is -2.26. The van der Waals surface area contributed by atoms with E-state index in [1.807, 2.05) is 12.1 Å². The van der Waals surface area contributed by atoms with Gasteiger partial charge in [0.05, 0.1) is 19.2 Å². The third kappa shape index (κ3) is 4.50. The molecule has 1 heterocycles. The van der Waals surface area contributed by atoms with Gasteiger partial charge in [-0.25, -0.2) is 0 Å². The van der Waals surface area contributed by atoms with E-state index in [1.165, 1.54) is 32.4 Å². The fourth-order valence-electron chi connectivity index (χ4n) is 2.71. The van der Waals surface area contributed by atoms with Crippen LogP contribution in [0.4, 0.5) is 0 Å². The van der Waals surface area contributed by atoms with Crippen LogP contribution in [-0.4, -0.2) is 45.3 Å². The van der Waals surface area contributed by atoms with Gasteiger partial charge in [-0.05, 0) is 37.6 Å². The summed E-state index contributed by atoms with van der Waals surface area (Å²) >= 11 is 6.37. The number of hydrogen-bond donors (Lipinski definition) is 1. The first kappa shape index (κ1) is 16.4. The van der Waals surface area contributed by atoms with Crippen LogP contribution in [-0.2, 0) is 6.54 Å². The fourth-order valence-corrected chi connectivity index (χ4v) is 3.01. The van der Waals surface area contributed by atoms with E-state index in [-0.39, 0.29) is 0 Å². The van der Waals surface area contributed by atoms with Crippen LogP contribution >= 0.6 is 11.6 Å². The summed E-state index contributed by atoms with van der Waals surface area (Å²) in [4.78, 5) is 2.52. The van der Waals surface area contributed by atoms with Crippen molar-refractivity contribution in [2.45, 2.75) is 25.8 Å². The van der Waals surface area contributed by atoms with Gasteiger partial charge in [0.15, 0.2) is 11.5 Å². The van der Waals surface area contributed by atoms with Gasteiger partial charge < -0.3 is 19.7 Å². The molecule has 1 aromatic rings. The van der Waals surface area contributed by atoms with Gasteiger partial charge in [-0.2, -0.15) is 0 Å². The highest BCUT2D eigenvalue weighted by Crippen LogP contribution is 2.37. The molecule has 5 heteroatoms. The Balaban J connectivity index is 1.82. The van der Waals surface area contributed by atoms with E-state index >= 15 is 0 Å². The number of nitrogens with zero attached hydrogens (tertiary/aromatic N) is 1. The van der Waals surface area contributed by atoms with Crippen molar-refractivity contribution >= 4 is 11.6 Å². The Bertz CT molecular complexity index is 448. The zero-order valence-electron chi connectivity index (χ0n) is 13.0. The molecule has 2 rings (SSSR count). The van der Waals surface area contributed by atoms with E-state index in [4.69, 9.17) is 21.1 Å². The maximum Gasteiger partial charge on any atom is 0.179 e. The van der Waals surface area contributed by atoms with Gasteiger partial charge in [-0.15, -0.1) is 0 Å². The first-order valence-corrected chi connectivity index (χ1v) is 7.96. The number of piperidine rings is 1. The maximum absolute atomic E-state index is 6.37. The molecule has 0 aliphatic carbocycles. The first-order valence-electron chi connectivity index (χ1n) is 7.58. The Morgan fingerprint density at radius 3 is 2.57 bits per heavy atom. The van der Waals surface area contributed by atoms with Gasteiger partial charge in [0.1, 0.15) is 0 Å². The number of methoxy groups -OCH3 is 2. The van der Waals surface area contributed by atoms with Crippen LogP contribution in [0.1, 0.15) is 24.8 Å². The topological polar surface area (TPSA) is 33.7 Å². The average Bonchev–Trinajstić information content (AvgIpc) is 2.53. The van der Waals surface area contributed by atoms with E-state index in [1.54, 1.807) is 14.2 Å². The van der Waals surface area contributed by atoms with Gasteiger partial charge >= 0.3 is 0 Å². The van der Waals surface area contributed by atoms with Crippen molar-refractivity contribution in [2.75, 3.05) is 40.4 Å². The van der Waals surface area contributed by atoms with Crippen molar-refractivity contribution in [2.24, 2.45) is 0 Å². The molecule has 1 aliphatic rings. The van der Waals surface area contributed by atoms with Crippen LogP contribution in [0, 0.1) is 0 Å². The Labute approximate surface area is 132 Å². The number of nitrogens with one attached hydrogen (secondary N) is 1. The van der Waals surface area contributed by atoms with Gasteiger partial charge in [0, 0.05) is 19.6 Å². The van der Waals surface area contributed by atoms with Crippen LogP contribution in [0.2, 0.25) is 5.02 Å². The Kier molecular flexibility index (Phi) is 6.61. The summed E-state index contributed by atoms with van der Waals surface area (Å²) in [6, 6.07) is 3.88. The monoisotopic (exact) mass is 312 g/mol. The summed E-state index contributed by atoms with van der Waals surface area (Å²) in [7, 11) is 3.22. The third-order valence-corrected chi connectivity index (χ3v) is 4.35. The molecule has 0 amide bonds. The van der Waals surface area contributed by atoms with Crippen LogP contribution < -0.4 is 14.8 Å². The van der Waals surface area contributed by atoms with Gasteiger partial charge in [-0.1, -0.05) is 24.1 Å². The summed E-state index contributed by atoms with van der Waals surface area (Å²) in [5, 5.41) is 4.08. The van der Waals surface area contributed by atoms with Crippen molar-refractivity contribution in [1.82, 2.24) is 10.2 Å². The smallest absolute Gasteiger partial charge is 0.179 e. The normalized spacial score (nSPS) is 16.0. The molecule has 0 unspecified atom stereocenters. The minimum Gasteiger partial charge on any atom is -0.493 e. The van der Waals surface area contributed by atoms with E-state index in [2.05, 4.69) is 10.2 Å². The highest BCUT2D eigenvalue weighted by Gasteiger charge is 2.13. The second kappa shape index (κ2) is 8.47. The molecule has 4 nitrogen and oxygen atoms in total. The second-order valence-corrected chi connectivity index (χ2v) is 5.73. The minimum absolute atomic E-state index is 0.606. The molecule has 0 atom stereocenters. The highest BCUT2D eigenvalue weighted by molar-refractivity contribution is 6.33. The number of ether oxygens (including phenoxy) is 2. The lowest BCUT2D eigenvalue weighted by molar-refractivity contribution is 0.229. The van der Waals surface area contributed by atoms with Gasteiger partial charge in [0.2, 0.25) is 0 Å². The highest BCUT2D eigenvalue weighted by atomic mass is 35.5. The second-order valence-electron chi connectivity index (χ2n) is 5.35. The molecule has 1 saturated heterocycles. The molecule has 0 spiro atoms. The summed E-state index contributed by atoms with van der Waals surface area (Å²) in [6.07, 6.45) is 4.05. The average molecular weight is 313 g/mol. The predicted octanol–water partition coefficient (Wildman–Crippen LogP) is 2.93. The van der Waals surface area contributed by atoms with Crippen LogP contribution in [0.3, 0.4) is 0 Å². The molecule has 118 valence electrons. The number of rotatable bonds is 7. The zero-order chi connectivity index (χ0) is 15.1. The van der Waals surface area contributed by atoms with Crippen molar-refractivity contribution in [3.63, 3.8) is 0 Å². The zero-order valence-corrected chi connectivity index (χ0v) is 13.7. The van der Waals surface area contributed by atoms with Crippen molar-refractivity contribution in [1.29, 1.82) is 0 Å². The molecule has 0 bridgehead atoms. The molecule has 1 fully saturated rings. The maximum atomic E-state index is 6.37. The Morgan fingerprint density at radius 1 is 1.14 bits per heavy atom. The fraction of sp³-hybridized carbons (Fsp3) is 0.625. The number of likely N-dealkylation sites (tertiary alicyclic amines) is 1. The molecular weight excluding hydrogens is 288 g/mol. The van der Waals surface area contributed by atoms with E-state index in [9.17, 15) is 0 Å². The number of benzene rings is 1. The lowest BCUT2D eigenvalue weighted by atomic mass is 10.1. The summed E-state index contributed by atoms with van der Waals surface area (Å²) in [6.45, 7) is 5.29. The SMILES string of the molecule is COc1ccc(CNCCN2CCCCC2)c(Cl)c1OC. The molecule has 1 N–H and O–H groups in total. The van der Waals surface area contributed by atoms with Gasteiger partial charge in [-0.3, -0.25) is 0 Å². The molecule has 1 aromatic carbocycles. The standard InChI is InChI=1S/C16H25ClN2O2/c1-20-14-7-6-13(15(17)16(14)21-2)12-18-8-11-19-9-4-3-5-10-19/h6-7,18H,3-5,8-12H2,1-2H3. The summed E-state index contributed by atoms with van der Waals surface area (Å²) in [5.41, 5.74) is 1.04. The van der Waals surface area contributed by atoms with Crippen LogP contribution in [0.5, 0.6) is 11.5 Å². The Morgan fingerprint density at radius 2 is 1.90 bits per heavy atom. The molecule has 0 aromatic heterocycles. The predicted molar refractivity (Wildman–Crippen MR) is 86.6 cm³/mol. The van der Waals surface area contributed by atoms with Gasteiger partial charge in [0.25, 0.3) is 0 Å². The third-order valence-electron chi connectivity index (χ3n) is 3.93. The van der Waals surface area contributed by atoms with E-state index in [0.29, 0.717) is 16.5 Å².